The van der Waals surface area contributed by atoms with E-state index >= 15 is 0 Å². The third-order valence-electron chi connectivity index (χ3n) is 4.33. The van der Waals surface area contributed by atoms with Crippen molar-refractivity contribution in [3.05, 3.63) is 0 Å². The van der Waals surface area contributed by atoms with E-state index in [4.69, 9.17) is 10.5 Å². The van der Waals surface area contributed by atoms with Crippen LogP contribution in [0.1, 0.15) is 86.5 Å². The predicted octanol–water partition coefficient (Wildman–Crippen LogP) is 4.93. The largest absolute Gasteiger partial charge is 0.465 e. The Balaban J connectivity index is 3.83. The maximum Gasteiger partial charge on any atom is 0.311 e. The van der Waals surface area contributed by atoms with Crippen molar-refractivity contribution in [3.63, 3.8) is 0 Å². The van der Waals surface area contributed by atoms with Gasteiger partial charge in [0.1, 0.15) is 0 Å². The van der Waals surface area contributed by atoms with Crippen molar-refractivity contribution in [3.8, 4) is 0 Å². The second kappa shape index (κ2) is 10.3. The summed E-state index contributed by atoms with van der Waals surface area (Å²) >= 11 is 0. The smallest absolute Gasteiger partial charge is 0.311 e. The quantitative estimate of drug-likeness (QED) is 0.410. The third-order valence-corrected chi connectivity index (χ3v) is 4.33. The lowest BCUT2D eigenvalue weighted by Crippen LogP contribution is -2.27. The number of unbranched alkanes of at least 4 members (excludes halogenated alkanes) is 3. The van der Waals surface area contributed by atoms with Crippen LogP contribution in [0.15, 0.2) is 0 Å². The first kappa shape index (κ1) is 21.4. The Hall–Kier alpha value is -0.570. The Morgan fingerprint density at radius 2 is 1.50 bits per heavy atom. The second-order valence-electron chi connectivity index (χ2n) is 8.49. The maximum atomic E-state index is 12.1. The van der Waals surface area contributed by atoms with Gasteiger partial charge in [-0.1, -0.05) is 53.4 Å². The first-order valence-electron chi connectivity index (χ1n) is 8.98. The zero-order valence-electron chi connectivity index (χ0n) is 15.8. The van der Waals surface area contributed by atoms with Gasteiger partial charge in [0.05, 0.1) is 12.0 Å². The van der Waals surface area contributed by atoms with Gasteiger partial charge in [-0.15, -0.1) is 0 Å². The molecule has 0 saturated heterocycles. The zero-order chi connectivity index (χ0) is 17.2. The molecule has 0 unspecified atom stereocenters. The van der Waals surface area contributed by atoms with E-state index in [1.54, 1.807) is 0 Å². The molecule has 0 aliphatic carbocycles. The number of esters is 1. The van der Waals surface area contributed by atoms with E-state index in [2.05, 4.69) is 27.7 Å². The van der Waals surface area contributed by atoms with E-state index in [0.717, 1.165) is 25.8 Å². The van der Waals surface area contributed by atoms with Crippen molar-refractivity contribution in [2.45, 2.75) is 86.5 Å². The normalized spacial score (nSPS) is 12.7. The van der Waals surface area contributed by atoms with Gasteiger partial charge in [-0.25, -0.2) is 0 Å². The summed E-state index contributed by atoms with van der Waals surface area (Å²) < 4.78 is 5.37. The first-order valence-corrected chi connectivity index (χ1v) is 8.98. The van der Waals surface area contributed by atoms with Crippen molar-refractivity contribution in [1.82, 2.24) is 0 Å². The molecule has 2 N–H and O–H groups in total. The van der Waals surface area contributed by atoms with Crippen LogP contribution in [0, 0.1) is 16.7 Å². The highest BCUT2D eigenvalue weighted by atomic mass is 16.5. The molecular weight excluding hydrogens is 274 g/mol. The number of hydrogen-bond donors (Lipinski definition) is 1. The van der Waals surface area contributed by atoms with Gasteiger partial charge in [0.25, 0.3) is 0 Å². The Bertz CT molecular complexity index is 309. The lowest BCUT2D eigenvalue weighted by atomic mass is 9.83. The van der Waals surface area contributed by atoms with Crippen LogP contribution in [-0.4, -0.2) is 19.1 Å². The van der Waals surface area contributed by atoms with Crippen LogP contribution >= 0.6 is 0 Å². The van der Waals surface area contributed by atoms with Gasteiger partial charge < -0.3 is 10.5 Å². The summed E-state index contributed by atoms with van der Waals surface area (Å²) in [6, 6.07) is 0. The summed E-state index contributed by atoms with van der Waals surface area (Å²) in [7, 11) is 0. The monoisotopic (exact) mass is 313 g/mol. The van der Waals surface area contributed by atoms with E-state index in [0.29, 0.717) is 17.9 Å². The molecule has 3 nitrogen and oxygen atoms in total. The molecule has 132 valence electrons. The molecule has 0 aliphatic heterocycles. The minimum absolute atomic E-state index is 0.0507. The van der Waals surface area contributed by atoms with Gasteiger partial charge in [-0.05, 0) is 51.0 Å². The molecule has 0 bridgehead atoms. The van der Waals surface area contributed by atoms with Crippen LogP contribution in [0.3, 0.4) is 0 Å². The Morgan fingerprint density at radius 1 is 0.955 bits per heavy atom. The van der Waals surface area contributed by atoms with Gasteiger partial charge in [-0.3, -0.25) is 4.79 Å². The summed E-state index contributed by atoms with van der Waals surface area (Å²) in [6.45, 7) is 14.0. The van der Waals surface area contributed by atoms with E-state index in [1.807, 2.05) is 13.8 Å². The van der Waals surface area contributed by atoms with Crippen molar-refractivity contribution in [2.75, 3.05) is 13.2 Å². The first-order chi connectivity index (χ1) is 10.1. The predicted molar refractivity (Wildman–Crippen MR) is 94.7 cm³/mol. The lowest BCUT2D eigenvalue weighted by Gasteiger charge is -2.24. The minimum atomic E-state index is -0.353. The molecule has 0 heterocycles. The van der Waals surface area contributed by atoms with Crippen LogP contribution < -0.4 is 5.73 Å². The van der Waals surface area contributed by atoms with Crippen molar-refractivity contribution in [2.24, 2.45) is 22.5 Å². The van der Waals surface area contributed by atoms with Crippen LogP contribution in [0.5, 0.6) is 0 Å². The number of carbonyl (C=O) groups excluding carboxylic acids is 1. The highest BCUT2D eigenvalue weighted by Crippen LogP contribution is 2.29. The summed E-state index contributed by atoms with van der Waals surface area (Å²) in [4.78, 5) is 12.1. The standard InChI is InChI=1S/C19H39NO2/c1-16(2)15-22-17(21)19(5,6)12-10-8-7-9-11-18(3,4)13-14-20/h16H,7-15,20H2,1-6H3. The van der Waals surface area contributed by atoms with Gasteiger partial charge in [-0.2, -0.15) is 0 Å². The van der Waals surface area contributed by atoms with E-state index in [9.17, 15) is 4.79 Å². The van der Waals surface area contributed by atoms with Crippen LogP contribution in [-0.2, 0) is 9.53 Å². The Labute approximate surface area is 138 Å². The summed E-state index contributed by atoms with van der Waals surface area (Å²) in [5.74, 6) is 0.349. The third kappa shape index (κ3) is 10.2. The molecule has 3 heteroatoms. The molecule has 0 rings (SSSR count). The fourth-order valence-electron chi connectivity index (χ4n) is 2.58. The average molecular weight is 314 g/mol. The van der Waals surface area contributed by atoms with Crippen molar-refractivity contribution in [1.29, 1.82) is 0 Å². The Kier molecular flexibility index (Phi) is 9.99. The number of rotatable bonds is 12. The van der Waals surface area contributed by atoms with Crippen LogP contribution in [0.25, 0.3) is 0 Å². The van der Waals surface area contributed by atoms with Crippen LogP contribution in [0.4, 0.5) is 0 Å². The molecule has 0 fully saturated rings. The topological polar surface area (TPSA) is 52.3 Å². The molecule has 0 aromatic heterocycles. The highest BCUT2D eigenvalue weighted by Gasteiger charge is 2.28. The number of hydrogen-bond acceptors (Lipinski definition) is 3. The lowest BCUT2D eigenvalue weighted by molar-refractivity contribution is -0.155. The maximum absolute atomic E-state index is 12.1. The molecule has 0 spiro atoms. The van der Waals surface area contributed by atoms with Crippen molar-refractivity contribution >= 4 is 5.97 Å². The number of carbonyl (C=O) groups is 1. The van der Waals surface area contributed by atoms with Gasteiger partial charge in [0.2, 0.25) is 0 Å². The average Bonchev–Trinajstić information content (AvgIpc) is 2.39. The summed E-state index contributed by atoms with van der Waals surface area (Å²) in [5.41, 5.74) is 5.66. The van der Waals surface area contributed by atoms with E-state index in [-0.39, 0.29) is 11.4 Å². The summed E-state index contributed by atoms with van der Waals surface area (Å²) in [6.07, 6.45) is 8.04. The second-order valence-corrected chi connectivity index (χ2v) is 8.49. The number of nitrogens with two attached hydrogens (primary N) is 1. The van der Waals surface area contributed by atoms with E-state index in [1.165, 1.54) is 25.7 Å². The molecule has 0 atom stereocenters. The SMILES string of the molecule is CC(C)COC(=O)C(C)(C)CCCCCCC(C)(C)CCN. The molecule has 0 radical (unpaired) electrons. The molecule has 0 aliphatic rings. The molecule has 0 aromatic rings. The molecular formula is C19H39NO2. The van der Waals surface area contributed by atoms with Crippen LogP contribution in [0.2, 0.25) is 0 Å². The zero-order valence-corrected chi connectivity index (χ0v) is 15.8. The molecule has 0 saturated carbocycles. The minimum Gasteiger partial charge on any atom is -0.465 e. The fraction of sp³-hybridized carbons (Fsp3) is 0.947. The van der Waals surface area contributed by atoms with Crippen molar-refractivity contribution < 1.29 is 9.53 Å². The summed E-state index contributed by atoms with van der Waals surface area (Å²) in [5, 5.41) is 0. The molecule has 22 heavy (non-hydrogen) atoms. The van der Waals surface area contributed by atoms with E-state index < -0.39 is 0 Å². The van der Waals surface area contributed by atoms with Gasteiger partial charge in [0.15, 0.2) is 0 Å². The van der Waals surface area contributed by atoms with Gasteiger partial charge >= 0.3 is 5.97 Å². The van der Waals surface area contributed by atoms with Gasteiger partial charge in [0, 0.05) is 0 Å². The highest BCUT2D eigenvalue weighted by molar-refractivity contribution is 5.75. The number of ether oxygens (including phenoxy) is 1. The fourth-order valence-corrected chi connectivity index (χ4v) is 2.58. The Morgan fingerprint density at radius 3 is 2.00 bits per heavy atom. The molecule has 0 amide bonds. The molecule has 0 aromatic carbocycles.